The highest BCUT2D eigenvalue weighted by Gasteiger charge is 2.14. The summed E-state index contributed by atoms with van der Waals surface area (Å²) in [7, 11) is 5.59. The second-order valence-electron chi connectivity index (χ2n) is 7.76. The van der Waals surface area contributed by atoms with Crippen molar-refractivity contribution in [2.75, 3.05) is 46.1 Å². The lowest BCUT2D eigenvalue weighted by Gasteiger charge is -2.17. The highest BCUT2D eigenvalue weighted by atomic mass is 35.5. The van der Waals surface area contributed by atoms with Gasteiger partial charge in [0.25, 0.3) is 11.8 Å². The van der Waals surface area contributed by atoms with Crippen molar-refractivity contribution in [1.29, 1.82) is 0 Å². The molecule has 0 spiro atoms. The van der Waals surface area contributed by atoms with Crippen molar-refractivity contribution in [3.05, 3.63) is 64.9 Å². The Morgan fingerprint density at radius 2 is 1.70 bits per heavy atom. The van der Waals surface area contributed by atoms with Crippen molar-refractivity contribution in [2.45, 2.75) is 6.42 Å². The van der Waals surface area contributed by atoms with E-state index in [-0.39, 0.29) is 11.9 Å². The fraction of sp³-hybridized carbons (Fsp3) is 0.304. The first kappa shape index (κ1) is 24.2. The Bertz CT molecular complexity index is 1070. The molecule has 174 valence electrons. The molecule has 33 heavy (non-hydrogen) atoms. The predicted molar refractivity (Wildman–Crippen MR) is 127 cm³/mol. The standard InChI is InChI=1S/C23H27ClN6O3/c1-29(2)15-13-25-21(31)16-4-6-17(7-5-16)22-27-20(28-33-22)12-14-30(3)23(32)26-19-10-8-18(24)9-11-19/h4-11H,12-15H2,1-3H3,(H,25,31)(H,26,32). The minimum absolute atomic E-state index is 0.130. The SMILES string of the molecule is CN(C)CCNC(=O)c1ccc(-c2nc(CCN(C)C(=O)Nc3ccc(Cl)cc3)no2)cc1. The molecule has 3 rings (SSSR count). The third-order valence-corrected chi connectivity index (χ3v) is 5.07. The van der Waals surface area contributed by atoms with Gasteiger partial charge < -0.3 is 25.0 Å². The van der Waals surface area contributed by atoms with Crippen LogP contribution in [0, 0.1) is 0 Å². The minimum atomic E-state index is -0.250. The van der Waals surface area contributed by atoms with Crippen LogP contribution < -0.4 is 10.6 Å². The van der Waals surface area contributed by atoms with Crippen LogP contribution >= 0.6 is 11.6 Å². The van der Waals surface area contributed by atoms with Gasteiger partial charge in [0, 0.05) is 54.9 Å². The number of rotatable bonds is 9. The van der Waals surface area contributed by atoms with Crippen molar-refractivity contribution < 1.29 is 14.1 Å². The highest BCUT2D eigenvalue weighted by Crippen LogP contribution is 2.18. The molecular weight excluding hydrogens is 444 g/mol. The van der Waals surface area contributed by atoms with Gasteiger partial charge in [-0.3, -0.25) is 4.79 Å². The van der Waals surface area contributed by atoms with E-state index >= 15 is 0 Å². The van der Waals surface area contributed by atoms with E-state index in [1.807, 2.05) is 19.0 Å². The zero-order valence-electron chi connectivity index (χ0n) is 18.8. The Kier molecular flexibility index (Phi) is 8.39. The molecule has 0 bridgehead atoms. The van der Waals surface area contributed by atoms with E-state index in [1.165, 1.54) is 4.90 Å². The summed E-state index contributed by atoms with van der Waals surface area (Å²) in [5, 5.41) is 10.3. The fourth-order valence-corrected chi connectivity index (χ4v) is 2.98. The van der Waals surface area contributed by atoms with Gasteiger partial charge in [0.1, 0.15) is 0 Å². The van der Waals surface area contributed by atoms with E-state index in [0.717, 1.165) is 6.54 Å². The summed E-state index contributed by atoms with van der Waals surface area (Å²) in [4.78, 5) is 32.4. The van der Waals surface area contributed by atoms with Crippen LogP contribution in [0.2, 0.25) is 5.02 Å². The molecule has 0 atom stereocenters. The zero-order valence-corrected chi connectivity index (χ0v) is 19.6. The van der Waals surface area contributed by atoms with Crippen molar-refractivity contribution in [3.8, 4) is 11.5 Å². The number of halogens is 1. The summed E-state index contributed by atoms with van der Waals surface area (Å²) in [6, 6.07) is 13.6. The van der Waals surface area contributed by atoms with Gasteiger partial charge in [-0.2, -0.15) is 4.98 Å². The molecule has 0 aliphatic rings. The van der Waals surface area contributed by atoms with Crippen LogP contribution in [0.4, 0.5) is 10.5 Å². The summed E-state index contributed by atoms with van der Waals surface area (Å²) in [6.07, 6.45) is 0.431. The molecular formula is C23H27ClN6O3. The minimum Gasteiger partial charge on any atom is -0.351 e. The molecule has 0 aliphatic carbocycles. The quantitative estimate of drug-likeness (QED) is 0.497. The smallest absolute Gasteiger partial charge is 0.321 e. The van der Waals surface area contributed by atoms with Crippen LogP contribution in [0.25, 0.3) is 11.5 Å². The van der Waals surface area contributed by atoms with Crippen LogP contribution in [-0.4, -0.2) is 72.7 Å². The molecule has 0 radical (unpaired) electrons. The lowest BCUT2D eigenvalue weighted by molar-refractivity contribution is 0.0951. The third kappa shape index (κ3) is 7.30. The van der Waals surface area contributed by atoms with E-state index in [0.29, 0.717) is 53.1 Å². The molecule has 1 heterocycles. The van der Waals surface area contributed by atoms with Crippen molar-refractivity contribution in [3.63, 3.8) is 0 Å². The van der Waals surface area contributed by atoms with Crippen molar-refractivity contribution in [1.82, 2.24) is 25.3 Å². The number of hydrogen-bond donors (Lipinski definition) is 2. The van der Waals surface area contributed by atoms with Crippen LogP contribution in [-0.2, 0) is 6.42 Å². The molecule has 0 unspecified atom stereocenters. The molecule has 0 saturated carbocycles. The van der Waals surface area contributed by atoms with Crippen LogP contribution in [0.3, 0.4) is 0 Å². The number of hydrogen-bond acceptors (Lipinski definition) is 6. The molecule has 2 N–H and O–H groups in total. The molecule has 10 heteroatoms. The third-order valence-electron chi connectivity index (χ3n) is 4.82. The average molecular weight is 471 g/mol. The maximum Gasteiger partial charge on any atom is 0.321 e. The topological polar surface area (TPSA) is 104 Å². The van der Waals surface area contributed by atoms with Gasteiger partial charge in [-0.25, -0.2) is 4.79 Å². The van der Waals surface area contributed by atoms with Gasteiger partial charge in [-0.15, -0.1) is 0 Å². The van der Waals surface area contributed by atoms with E-state index in [1.54, 1.807) is 55.6 Å². The largest absolute Gasteiger partial charge is 0.351 e. The van der Waals surface area contributed by atoms with Crippen molar-refractivity contribution >= 4 is 29.2 Å². The second-order valence-corrected chi connectivity index (χ2v) is 8.20. The number of benzene rings is 2. The Morgan fingerprint density at radius 3 is 2.36 bits per heavy atom. The fourth-order valence-electron chi connectivity index (χ4n) is 2.85. The lowest BCUT2D eigenvalue weighted by atomic mass is 10.1. The van der Waals surface area contributed by atoms with Gasteiger partial charge in [-0.05, 0) is 62.6 Å². The second kappa shape index (κ2) is 11.4. The van der Waals surface area contributed by atoms with Gasteiger partial charge in [-0.1, -0.05) is 16.8 Å². The number of anilines is 1. The van der Waals surface area contributed by atoms with E-state index in [2.05, 4.69) is 20.8 Å². The number of nitrogens with one attached hydrogen (secondary N) is 2. The van der Waals surface area contributed by atoms with Gasteiger partial charge >= 0.3 is 6.03 Å². The molecule has 3 amide bonds. The van der Waals surface area contributed by atoms with Gasteiger partial charge in [0.15, 0.2) is 5.82 Å². The average Bonchev–Trinajstić information content (AvgIpc) is 3.28. The number of amides is 3. The monoisotopic (exact) mass is 470 g/mol. The first-order chi connectivity index (χ1) is 15.8. The molecule has 0 saturated heterocycles. The maximum absolute atomic E-state index is 12.3. The molecule has 1 aromatic heterocycles. The number of urea groups is 1. The van der Waals surface area contributed by atoms with Crippen molar-refractivity contribution in [2.24, 2.45) is 0 Å². The molecule has 3 aromatic rings. The summed E-state index contributed by atoms with van der Waals surface area (Å²) in [6.45, 7) is 1.75. The Balaban J connectivity index is 1.50. The first-order valence-electron chi connectivity index (χ1n) is 10.5. The van der Waals surface area contributed by atoms with Crippen LogP contribution in [0.5, 0.6) is 0 Å². The number of nitrogens with zero attached hydrogens (tertiary/aromatic N) is 4. The normalized spacial score (nSPS) is 10.8. The summed E-state index contributed by atoms with van der Waals surface area (Å²) < 4.78 is 5.34. The number of carbonyl (C=O) groups excluding carboxylic acids is 2. The highest BCUT2D eigenvalue weighted by molar-refractivity contribution is 6.30. The van der Waals surface area contributed by atoms with Crippen LogP contribution in [0.1, 0.15) is 16.2 Å². The maximum atomic E-state index is 12.3. The summed E-state index contributed by atoms with van der Waals surface area (Å²) >= 11 is 5.86. The lowest BCUT2D eigenvalue weighted by Crippen LogP contribution is -2.33. The summed E-state index contributed by atoms with van der Waals surface area (Å²) in [5.74, 6) is 0.717. The van der Waals surface area contributed by atoms with Crippen LogP contribution in [0.15, 0.2) is 53.1 Å². The van der Waals surface area contributed by atoms with Gasteiger partial charge in [0.2, 0.25) is 0 Å². The molecule has 0 fully saturated rings. The molecule has 9 nitrogen and oxygen atoms in total. The number of aromatic nitrogens is 2. The Morgan fingerprint density at radius 1 is 1.00 bits per heavy atom. The Hall–Kier alpha value is -3.43. The molecule has 0 aliphatic heterocycles. The first-order valence-corrected chi connectivity index (χ1v) is 10.8. The predicted octanol–water partition coefficient (Wildman–Crippen LogP) is 3.39. The van der Waals surface area contributed by atoms with E-state index < -0.39 is 0 Å². The van der Waals surface area contributed by atoms with Gasteiger partial charge in [0.05, 0.1) is 0 Å². The van der Waals surface area contributed by atoms with E-state index in [4.69, 9.17) is 16.1 Å². The molecule has 2 aromatic carbocycles. The zero-order chi connectivity index (χ0) is 23.8. The van der Waals surface area contributed by atoms with E-state index in [9.17, 15) is 9.59 Å². The summed E-state index contributed by atoms with van der Waals surface area (Å²) in [5.41, 5.74) is 1.94. The Labute approximate surface area is 197 Å². The number of carbonyl (C=O) groups is 2. The number of likely N-dealkylation sites (N-methyl/N-ethyl adjacent to an activating group) is 2.